The van der Waals surface area contributed by atoms with Crippen LogP contribution in [0.4, 0.5) is 0 Å². The molecule has 24 heavy (non-hydrogen) atoms. The van der Waals surface area contributed by atoms with Gasteiger partial charge in [-0.15, -0.1) is 0 Å². The van der Waals surface area contributed by atoms with Crippen molar-refractivity contribution in [1.82, 2.24) is 9.88 Å². The molecule has 1 aromatic heterocycles. The normalized spacial score (nSPS) is 12.2. The maximum absolute atomic E-state index is 13.0. The van der Waals surface area contributed by atoms with E-state index in [9.17, 15) is 4.79 Å². The predicted molar refractivity (Wildman–Crippen MR) is 98.2 cm³/mol. The van der Waals surface area contributed by atoms with Crippen molar-refractivity contribution in [2.75, 3.05) is 7.05 Å². The minimum Gasteiger partial charge on any atom is -0.335 e. The molecule has 0 unspecified atom stereocenters. The Labute approximate surface area is 143 Å². The Bertz CT molecular complexity index is 887. The summed E-state index contributed by atoms with van der Waals surface area (Å²) in [6.45, 7) is 5.99. The standard InChI is InChI=1S/C21H22N2O/c1-14-10-11-20-18(12-14)13-19(15(2)22-20)21(24)23(4)16(3)17-8-6-5-7-9-17/h5-13,16H,1-4H3/t16-/m1/s1. The molecule has 0 aliphatic heterocycles. The van der Waals surface area contributed by atoms with Gasteiger partial charge in [-0.1, -0.05) is 42.0 Å². The smallest absolute Gasteiger partial charge is 0.255 e. The maximum atomic E-state index is 13.0. The minimum atomic E-state index is -0.000223. The fourth-order valence-electron chi connectivity index (χ4n) is 2.93. The van der Waals surface area contributed by atoms with E-state index in [0.717, 1.165) is 27.7 Å². The maximum Gasteiger partial charge on any atom is 0.255 e. The zero-order valence-corrected chi connectivity index (χ0v) is 14.6. The molecule has 122 valence electrons. The van der Waals surface area contributed by atoms with E-state index in [1.807, 2.05) is 76.3 Å². The van der Waals surface area contributed by atoms with Gasteiger partial charge in [0.2, 0.25) is 0 Å². The third-order valence-electron chi connectivity index (χ3n) is 4.57. The molecular weight excluding hydrogens is 296 g/mol. The van der Waals surface area contributed by atoms with E-state index in [0.29, 0.717) is 5.56 Å². The van der Waals surface area contributed by atoms with E-state index in [4.69, 9.17) is 0 Å². The second-order valence-electron chi connectivity index (χ2n) is 6.32. The average Bonchev–Trinajstić information content (AvgIpc) is 2.60. The van der Waals surface area contributed by atoms with E-state index < -0.39 is 0 Å². The first kappa shape index (κ1) is 16.2. The first-order chi connectivity index (χ1) is 11.5. The van der Waals surface area contributed by atoms with Gasteiger partial charge in [0.05, 0.1) is 22.8 Å². The molecule has 0 aliphatic carbocycles. The molecule has 0 saturated heterocycles. The summed E-state index contributed by atoms with van der Waals surface area (Å²) < 4.78 is 0. The van der Waals surface area contributed by atoms with Gasteiger partial charge in [-0.3, -0.25) is 9.78 Å². The van der Waals surface area contributed by atoms with Crippen LogP contribution in [0.5, 0.6) is 0 Å². The number of aromatic nitrogens is 1. The number of amides is 1. The van der Waals surface area contributed by atoms with Crippen LogP contribution in [0.3, 0.4) is 0 Å². The van der Waals surface area contributed by atoms with Gasteiger partial charge in [0.25, 0.3) is 5.91 Å². The van der Waals surface area contributed by atoms with Crippen LogP contribution in [0, 0.1) is 13.8 Å². The summed E-state index contributed by atoms with van der Waals surface area (Å²) in [4.78, 5) is 19.4. The average molecular weight is 318 g/mol. The van der Waals surface area contributed by atoms with Crippen LogP contribution in [0.2, 0.25) is 0 Å². The van der Waals surface area contributed by atoms with Crippen molar-refractivity contribution in [3.8, 4) is 0 Å². The van der Waals surface area contributed by atoms with Gasteiger partial charge in [0.15, 0.2) is 0 Å². The number of hydrogen-bond donors (Lipinski definition) is 0. The highest BCUT2D eigenvalue weighted by molar-refractivity contribution is 5.98. The predicted octanol–water partition coefficient (Wildman–Crippen LogP) is 4.68. The Balaban J connectivity index is 1.97. The van der Waals surface area contributed by atoms with Crippen LogP contribution in [0.25, 0.3) is 10.9 Å². The highest BCUT2D eigenvalue weighted by atomic mass is 16.2. The van der Waals surface area contributed by atoms with Gasteiger partial charge < -0.3 is 4.90 Å². The summed E-state index contributed by atoms with van der Waals surface area (Å²) in [6.07, 6.45) is 0. The molecule has 0 radical (unpaired) electrons. The number of carbonyl (C=O) groups excluding carboxylic acids is 1. The monoisotopic (exact) mass is 318 g/mol. The number of rotatable bonds is 3. The van der Waals surface area contributed by atoms with E-state index in [-0.39, 0.29) is 11.9 Å². The lowest BCUT2D eigenvalue weighted by Gasteiger charge is -2.26. The fourth-order valence-corrected chi connectivity index (χ4v) is 2.93. The third-order valence-corrected chi connectivity index (χ3v) is 4.57. The highest BCUT2D eigenvalue weighted by Crippen LogP contribution is 2.23. The number of hydrogen-bond acceptors (Lipinski definition) is 2. The van der Waals surface area contributed by atoms with E-state index >= 15 is 0 Å². The minimum absolute atomic E-state index is 0.000223. The largest absolute Gasteiger partial charge is 0.335 e. The Morgan fingerprint density at radius 3 is 2.46 bits per heavy atom. The number of carbonyl (C=O) groups is 1. The van der Waals surface area contributed by atoms with Gasteiger partial charge in [-0.05, 0) is 44.5 Å². The van der Waals surface area contributed by atoms with Gasteiger partial charge in [0, 0.05) is 12.4 Å². The van der Waals surface area contributed by atoms with Crippen LogP contribution in [0.15, 0.2) is 54.6 Å². The number of aryl methyl sites for hydroxylation is 2. The van der Waals surface area contributed by atoms with Crippen LogP contribution in [-0.2, 0) is 0 Å². The summed E-state index contributed by atoms with van der Waals surface area (Å²) in [6, 6.07) is 18.1. The lowest BCUT2D eigenvalue weighted by Crippen LogP contribution is -2.30. The Kier molecular flexibility index (Phi) is 4.34. The lowest BCUT2D eigenvalue weighted by molar-refractivity contribution is 0.0741. The van der Waals surface area contributed by atoms with Gasteiger partial charge in [-0.25, -0.2) is 0 Å². The Morgan fingerprint density at radius 1 is 1.04 bits per heavy atom. The van der Waals surface area contributed by atoms with Crippen molar-refractivity contribution in [1.29, 1.82) is 0 Å². The van der Waals surface area contributed by atoms with Crippen molar-refractivity contribution in [3.05, 3.63) is 77.0 Å². The first-order valence-electron chi connectivity index (χ1n) is 8.17. The topological polar surface area (TPSA) is 33.2 Å². The van der Waals surface area contributed by atoms with Gasteiger partial charge in [-0.2, -0.15) is 0 Å². The molecule has 2 aromatic carbocycles. The second kappa shape index (κ2) is 6.44. The molecule has 0 N–H and O–H groups in total. The zero-order valence-electron chi connectivity index (χ0n) is 14.6. The van der Waals surface area contributed by atoms with Gasteiger partial charge in [0.1, 0.15) is 0 Å². The Morgan fingerprint density at radius 2 is 1.75 bits per heavy atom. The summed E-state index contributed by atoms with van der Waals surface area (Å²) in [5, 5.41) is 1.00. The van der Waals surface area contributed by atoms with Crippen LogP contribution in [-0.4, -0.2) is 22.8 Å². The van der Waals surface area contributed by atoms with Crippen LogP contribution >= 0.6 is 0 Å². The lowest BCUT2D eigenvalue weighted by atomic mass is 10.0. The van der Waals surface area contributed by atoms with E-state index in [1.54, 1.807) is 4.90 Å². The second-order valence-corrected chi connectivity index (χ2v) is 6.32. The van der Waals surface area contributed by atoms with Crippen LogP contribution < -0.4 is 0 Å². The molecule has 1 amide bonds. The summed E-state index contributed by atoms with van der Waals surface area (Å²) in [5.41, 5.74) is 4.64. The van der Waals surface area contributed by atoms with Gasteiger partial charge >= 0.3 is 0 Å². The molecular formula is C21H22N2O. The van der Waals surface area contributed by atoms with E-state index in [2.05, 4.69) is 11.1 Å². The van der Waals surface area contributed by atoms with E-state index in [1.165, 1.54) is 0 Å². The molecule has 0 saturated carbocycles. The third kappa shape index (κ3) is 3.02. The fraction of sp³-hybridized carbons (Fsp3) is 0.238. The van der Waals surface area contributed by atoms with Crippen molar-refractivity contribution in [3.63, 3.8) is 0 Å². The SMILES string of the molecule is Cc1ccc2nc(C)c(C(=O)N(C)[C@H](C)c3ccccc3)cc2c1. The number of nitrogens with zero attached hydrogens (tertiary/aromatic N) is 2. The molecule has 1 atom stereocenters. The molecule has 3 nitrogen and oxygen atoms in total. The Hall–Kier alpha value is -2.68. The first-order valence-corrected chi connectivity index (χ1v) is 8.17. The number of benzene rings is 2. The molecule has 3 aromatic rings. The molecule has 0 aliphatic rings. The van der Waals surface area contributed by atoms with Crippen molar-refractivity contribution in [2.24, 2.45) is 0 Å². The molecule has 1 heterocycles. The van der Waals surface area contributed by atoms with Crippen molar-refractivity contribution >= 4 is 16.8 Å². The van der Waals surface area contributed by atoms with Crippen molar-refractivity contribution < 1.29 is 4.79 Å². The summed E-state index contributed by atoms with van der Waals surface area (Å²) >= 11 is 0. The molecule has 3 heteroatoms. The number of pyridine rings is 1. The van der Waals surface area contributed by atoms with Crippen molar-refractivity contribution in [2.45, 2.75) is 26.8 Å². The highest BCUT2D eigenvalue weighted by Gasteiger charge is 2.21. The molecule has 0 bridgehead atoms. The summed E-state index contributed by atoms with van der Waals surface area (Å²) in [7, 11) is 1.85. The zero-order chi connectivity index (χ0) is 17.3. The molecule has 0 spiro atoms. The van der Waals surface area contributed by atoms with Crippen LogP contribution in [0.1, 0.15) is 40.1 Å². The molecule has 0 fully saturated rings. The quantitative estimate of drug-likeness (QED) is 0.702. The number of fused-ring (bicyclic) bond motifs is 1. The molecule has 3 rings (SSSR count). The summed E-state index contributed by atoms with van der Waals surface area (Å²) in [5.74, 6) is -0.000223.